The molecule has 2 N–H and O–H groups in total. The molecule has 6 rings (SSSR count). The van der Waals surface area contributed by atoms with Gasteiger partial charge in [0.2, 0.25) is 5.95 Å². The van der Waals surface area contributed by atoms with E-state index in [4.69, 9.17) is 26.2 Å². The molecular formula is C31H30ClFN8O2. The van der Waals surface area contributed by atoms with Gasteiger partial charge in [0.15, 0.2) is 0 Å². The Balaban J connectivity index is 0.00000118. The van der Waals surface area contributed by atoms with Gasteiger partial charge in [0.05, 0.1) is 34.2 Å². The predicted octanol–water partition coefficient (Wildman–Crippen LogP) is 5.52. The van der Waals surface area contributed by atoms with E-state index in [0.717, 1.165) is 65.3 Å². The smallest absolute Gasteiger partial charge is 0.373 e. The number of aromatic amines is 1. The van der Waals surface area contributed by atoms with Crippen LogP contribution in [-0.2, 0) is 9.59 Å². The number of aromatic nitrogens is 5. The zero-order valence-electron chi connectivity index (χ0n) is 23.9. The van der Waals surface area contributed by atoms with Crippen LogP contribution < -0.4 is 10.2 Å². The number of halogens is 2. The molecule has 0 saturated carbocycles. The molecule has 0 aliphatic carbocycles. The zero-order chi connectivity index (χ0) is 30.5. The van der Waals surface area contributed by atoms with Gasteiger partial charge in [0.25, 0.3) is 0 Å². The lowest BCUT2D eigenvalue weighted by atomic mass is 10.00. The van der Waals surface area contributed by atoms with Crippen LogP contribution in [0.15, 0.2) is 61.2 Å². The van der Waals surface area contributed by atoms with Crippen molar-refractivity contribution < 1.29 is 14.0 Å². The molecule has 1 atom stereocenters. The molecule has 3 aromatic heterocycles. The minimum atomic E-state index is -0.371. The van der Waals surface area contributed by atoms with Crippen molar-refractivity contribution in [2.45, 2.75) is 19.9 Å². The fourth-order valence-electron chi connectivity index (χ4n) is 5.08. The van der Waals surface area contributed by atoms with E-state index in [1.165, 1.54) is 6.07 Å². The molecule has 12 heteroatoms. The van der Waals surface area contributed by atoms with Crippen LogP contribution in [0.25, 0.3) is 33.2 Å². The van der Waals surface area contributed by atoms with E-state index in [2.05, 4.69) is 42.3 Å². The summed E-state index contributed by atoms with van der Waals surface area (Å²) in [4.78, 5) is 34.8. The van der Waals surface area contributed by atoms with Crippen LogP contribution in [0.3, 0.4) is 0 Å². The van der Waals surface area contributed by atoms with Crippen LogP contribution >= 0.6 is 11.6 Å². The highest BCUT2D eigenvalue weighted by atomic mass is 35.5. The fraction of sp³-hybridized carbons (Fsp3) is 0.258. The molecule has 0 unspecified atom stereocenters. The van der Waals surface area contributed by atoms with Crippen LogP contribution in [0.2, 0.25) is 5.02 Å². The number of fused-ring (bicyclic) bond motifs is 1. The van der Waals surface area contributed by atoms with Crippen molar-refractivity contribution in [3.63, 3.8) is 0 Å². The number of benzene rings is 2. The molecule has 10 nitrogen and oxygen atoms in total. The number of pyridine rings is 1. The van der Waals surface area contributed by atoms with E-state index < -0.39 is 0 Å². The Kier molecular flexibility index (Phi) is 9.06. The molecule has 0 radical (unpaired) electrons. The maximum atomic E-state index is 15.0. The zero-order valence-corrected chi connectivity index (χ0v) is 24.7. The lowest BCUT2D eigenvalue weighted by molar-refractivity contribution is -0.191. The highest BCUT2D eigenvalue weighted by molar-refractivity contribution is 6.35. The highest BCUT2D eigenvalue weighted by Crippen LogP contribution is 2.37. The molecule has 1 saturated heterocycles. The van der Waals surface area contributed by atoms with Crippen molar-refractivity contribution in [3.05, 3.63) is 83.3 Å². The van der Waals surface area contributed by atoms with Crippen LogP contribution in [0.4, 0.5) is 16.0 Å². The Bertz CT molecular complexity index is 1750. The second-order valence-electron chi connectivity index (χ2n) is 10.4. The lowest BCUT2D eigenvalue weighted by Gasteiger charge is -2.32. The number of rotatable bonds is 6. The molecule has 0 amide bonds. The largest absolute Gasteiger partial charge is 0.377 e. The number of carbonyl (C=O) groups excluding carboxylic acids is 2. The number of nitrogens with one attached hydrogen (secondary N) is 2. The number of H-pyrrole nitrogens is 1. The van der Waals surface area contributed by atoms with Gasteiger partial charge in [-0.25, -0.2) is 14.4 Å². The third kappa shape index (κ3) is 6.54. The van der Waals surface area contributed by atoms with Gasteiger partial charge in [-0.3, -0.25) is 10.1 Å². The Labute approximate surface area is 252 Å². The quantitative estimate of drug-likeness (QED) is 0.259. The van der Waals surface area contributed by atoms with Gasteiger partial charge in [-0.1, -0.05) is 23.7 Å². The fourth-order valence-corrected chi connectivity index (χ4v) is 5.28. The average molecular weight is 601 g/mol. The normalized spacial score (nSPS) is 14.1. The van der Waals surface area contributed by atoms with E-state index >= 15 is 4.39 Å². The van der Waals surface area contributed by atoms with Crippen LogP contribution in [0.1, 0.15) is 24.2 Å². The maximum absolute atomic E-state index is 15.0. The summed E-state index contributed by atoms with van der Waals surface area (Å²) in [5.74, 6) is 0.450. The first-order valence-corrected chi connectivity index (χ1v) is 14.1. The van der Waals surface area contributed by atoms with Gasteiger partial charge in [0.1, 0.15) is 5.82 Å². The van der Waals surface area contributed by atoms with Gasteiger partial charge in [-0.05, 0) is 56.3 Å². The van der Waals surface area contributed by atoms with E-state index in [0.29, 0.717) is 22.0 Å². The summed E-state index contributed by atoms with van der Waals surface area (Å²) in [6, 6.07) is 10.7. The molecule has 1 aliphatic rings. The van der Waals surface area contributed by atoms with Crippen molar-refractivity contribution in [2.75, 3.05) is 43.4 Å². The minimum absolute atomic E-state index is 0.250. The van der Waals surface area contributed by atoms with Crippen molar-refractivity contribution in [1.29, 1.82) is 0 Å². The number of nitrogens with zero attached hydrogens (tertiary/aromatic N) is 6. The average Bonchev–Trinajstić information content (AvgIpc) is 3.56. The molecular weight excluding hydrogens is 571 g/mol. The topological polar surface area (TPSA) is 120 Å². The molecule has 4 heterocycles. The summed E-state index contributed by atoms with van der Waals surface area (Å²) in [5, 5.41) is 11.6. The Hall–Kier alpha value is -4.70. The number of piperazine rings is 1. The van der Waals surface area contributed by atoms with Crippen molar-refractivity contribution >= 4 is 40.3 Å². The van der Waals surface area contributed by atoms with Gasteiger partial charge in [-0.2, -0.15) is 14.7 Å². The predicted molar refractivity (Wildman–Crippen MR) is 163 cm³/mol. The Morgan fingerprint density at radius 2 is 1.65 bits per heavy atom. The van der Waals surface area contributed by atoms with Crippen LogP contribution in [0, 0.1) is 12.7 Å². The number of hydrogen-bond acceptors (Lipinski definition) is 9. The molecule has 5 aromatic rings. The lowest BCUT2D eigenvalue weighted by Crippen LogP contribution is -2.45. The van der Waals surface area contributed by atoms with Gasteiger partial charge in [0, 0.05) is 66.8 Å². The van der Waals surface area contributed by atoms with Crippen molar-refractivity contribution in [3.8, 4) is 22.3 Å². The number of anilines is 2. The molecule has 0 bridgehead atoms. The molecule has 2 aromatic carbocycles. The van der Waals surface area contributed by atoms with Crippen molar-refractivity contribution in [2.24, 2.45) is 0 Å². The van der Waals surface area contributed by atoms with Crippen molar-refractivity contribution in [1.82, 2.24) is 30.0 Å². The molecule has 1 aliphatic heterocycles. The van der Waals surface area contributed by atoms with E-state index in [9.17, 15) is 0 Å². The SMILES string of the molecule is Cc1nc2ccc(-c3cnc(N4CCN(C)CC4)nc3)cc2c(N[C@H](C)c2cc(-c3cn[nH]c3)ccc2F)c1Cl.O=C=O. The summed E-state index contributed by atoms with van der Waals surface area (Å²) in [6.07, 6.45) is 7.47. The first-order valence-electron chi connectivity index (χ1n) is 13.7. The van der Waals surface area contributed by atoms with E-state index in [-0.39, 0.29) is 18.0 Å². The van der Waals surface area contributed by atoms with Gasteiger partial charge in [-0.15, -0.1) is 0 Å². The van der Waals surface area contributed by atoms with Gasteiger partial charge >= 0.3 is 6.15 Å². The molecule has 220 valence electrons. The third-order valence-corrected chi connectivity index (χ3v) is 7.97. The third-order valence-electron chi connectivity index (χ3n) is 7.50. The second kappa shape index (κ2) is 13.1. The first-order chi connectivity index (χ1) is 20.8. The van der Waals surface area contributed by atoms with Crippen LogP contribution in [-0.4, -0.2) is 69.4 Å². The minimum Gasteiger partial charge on any atom is -0.377 e. The summed E-state index contributed by atoms with van der Waals surface area (Å²) < 4.78 is 15.0. The monoisotopic (exact) mass is 600 g/mol. The summed E-state index contributed by atoms with van der Waals surface area (Å²) in [7, 11) is 2.13. The van der Waals surface area contributed by atoms with E-state index in [1.54, 1.807) is 18.5 Å². The summed E-state index contributed by atoms with van der Waals surface area (Å²) in [5.41, 5.74) is 6.34. The second-order valence-corrected chi connectivity index (χ2v) is 10.7. The summed E-state index contributed by atoms with van der Waals surface area (Å²) in [6.45, 7) is 7.60. The number of aryl methyl sites for hydroxylation is 1. The molecule has 43 heavy (non-hydrogen) atoms. The number of likely N-dealkylation sites (N-methyl/N-ethyl adjacent to an activating group) is 1. The van der Waals surface area contributed by atoms with Crippen LogP contribution in [0.5, 0.6) is 0 Å². The molecule has 1 fully saturated rings. The summed E-state index contributed by atoms with van der Waals surface area (Å²) >= 11 is 6.81. The maximum Gasteiger partial charge on any atom is 0.373 e. The standard InChI is InChI=1S/C30H30ClFN8.CO2/c1-18(24-12-20(4-6-26(24)32)23-16-35-36-17-23)38-29-25-13-21(5-7-27(25)37-19(2)28(29)31)22-14-33-30(34-15-22)40-10-8-39(3)9-11-40;2-1-3/h4-7,12-18H,8-11H2,1-3H3,(H,35,36)(H,37,38);/t18-;/m1./s1. The van der Waals surface area contributed by atoms with E-state index in [1.807, 2.05) is 50.5 Å². The number of hydrogen-bond donors (Lipinski definition) is 2. The van der Waals surface area contributed by atoms with Gasteiger partial charge < -0.3 is 15.1 Å². The Morgan fingerprint density at radius 1 is 0.977 bits per heavy atom. The molecule has 0 spiro atoms. The first kappa shape index (κ1) is 29.8. The Morgan fingerprint density at radius 3 is 2.33 bits per heavy atom. The highest BCUT2D eigenvalue weighted by Gasteiger charge is 2.19.